The third kappa shape index (κ3) is 3.59. The summed E-state index contributed by atoms with van der Waals surface area (Å²) in [5.41, 5.74) is 3.14. The van der Waals surface area contributed by atoms with Crippen LogP contribution in [-0.2, 0) is 13.1 Å². The maximum Gasteiger partial charge on any atom is 0.128 e. The summed E-state index contributed by atoms with van der Waals surface area (Å²) in [7, 11) is 0. The Hall–Kier alpha value is -2.21. The molecule has 0 spiro atoms. The molecule has 0 aliphatic carbocycles. The molecule has 1 unspecified atom stereocenters. The summed E-state index contributed by atoms with van der Waals surface area (Å²) in [6, 6.07) is 16.3. The minimum absolute atomic E-state index is 0.156. The Morgan fingerprint density at radius 1 is 0.966 bits per heavy atom. The maximum absolute atomic E-state index is 14.2. The van der Waals surface area contributed by atoms with Crippen LogP contribution < -0.4 is 0 Å². The van der Waals surface area contributed by atoms with Gasteiger partial charge in [-0.05, 0) is 31.0 Å². The Kier molecular flexibility index (Phi) is 4.90. The zero-order chi connectivity index (χ0) is 20.0. The van der Waals surface area contributed by atoms with Crippen LogP contribution in [0.4, 0.5) is 4.39 Å². The predicted molar refractivity (Wildman–Crippen MR) is 113 cm³/mol. The number of nitrogens with zero attached hydrogens (tertiary/aromatic N) is 3. The molecule has 4 nitrogen and oxygen atoms in total. The quantitative estimate of drug-likeness (QED) is 0.737. The first kappa shape index (κ1) is 18.8. The minimum atomic E-state index is -0.185. The number of hydrogen-bond acceptors (Lipinski definition) is 3. The molecule has 2 aliphatic rings. The monoisotopic (exact) mass is 393 g/mol. The van der Waals surface area contributed by atoms with E-state index in [0.717, 1.165) is 38.1 Å². The highest BCUT2D eigenvalue weighted by molar-refractivity contribution is 5.84. The van der Waals surface area contributed by atoms with Crippen LogP contribution in [0.25, 0.3) is 10.9 Å². The highest BCUT2D eigenvalue weighted by atomic mass is 19.1. The lowest BCUT2D eigenvalue weighted by Gasteiger charge is -2.42. The van der Waals surface area contributed by atoms with Gasteiger partial charge in [0.2, 0.25) is 0 Å². The highest BCUT2D eigenvalue weighted by Gasteiger charge is 2.38. The molecule has 1 N–H and O–H groups in total. The van der Waals surface area contributed by atoms with Gasteiger partial charge in [0.1, 0.15) is 5.82 Å². The van der Waals surface area contributed by atoms with Gasteiger partial charge in [0.15, 0.2) is 0 Å². The first-order valence-electron chi connectivity index (χ1n) is 10.5. The van der Waals surface area contributed by atoms with Gasteiger partial charge in [-0.1, -0.05) is 36.4 Å². The second kappa shape index (κ2) is 7.56. The van der Waals surface area contributed by atoms with Crippen LogP contribution in [0.5, 0.6) is 0 Å². The predicted octanol–water partition coefficient (Wildman–Crippen LogP) is 3.47. The second-order valence-electron chi connectivity index (χ2n) is 8.67. The Labute approximate surface area is 171 Å². The zero-order valence-electron chi connectivity index (χ0n) is 16.8. The zero-order valence-corrected chi connectivity index (χ0v) is 16.8. The molecular formula is C24H28FN3O. The summed E-state index contributed by atoms with van der Waals surface area (Å²) in [6.45, 7) is 6.50. The van der Waals surface area contributed by atoms with Crippen molar-refractivity contribution in [3.8, 4) is 0 Å². The Balaban J connectivity index is 1.43. The van der Waals surface area contributed by atoms with E-state index in [4.69, 9.17) is 0 Å². The Morgan fingerprint density at radius 3 is 2.62 bits per heavy atom. The Bertz CT molecular complexity index is 1020. The number of benzene rings is 2. The van der Waals surface area contributed by atoms with Crippen LogP contribution in [0.2, 0.25) is 0 Å². The van der Waals surface area contributed by atoms with Gasteiger partial charge < -0.3 is 9.67 Å². The van der Waals surface area contributed by atoms with Gasteiger partial charge in [0.05, 0.1) is 12.6 Å². The molecule has 1 aromatic heterocycles. The molecule has 5 rings (SSSR count). The molecule has 0 saturated carbocycles. The number of halogens is 1. The summed E-state index contributed by atoms with van der Waals surface area (Å²) in [5.74, 6) is -0.156. The molecular weight excluding hydrogens is 365 g/mol. The van der Waals surface area contributed by atoms with E-state index in [9.17, 15) is 9.50 Å². The van der Waals surface area contributed by atoms with E-state index in [1.54, 1.807) is 6.07 Å². The van der Waals surface area contributed by atoms with Crippen LogP contribution in [0.1, 0.15) is 24.5 Å². The van der Waals surface area contributed by atoms with E-state index >= 15 is 0 Å². The van der Waals surface area contributed by atoms with Gasteiger partial charge in [-0.15, -0.1) is 0 Å². The number of aromatic nitrogens is 1. The lowest BCUT2D eigenvalue weighted by Crippen LogP contribution is -2.54. The third-order valence-electron chi connectivity index (χ3n) is 6.62. The fraction of sp³-hybridized carbons (Fsp3) is 0.417. The van der Waals surface area contributed by atoms with E-state index < -0.39 is 0 Å². The Morgan fingerprint density at radius 2 is 1.76 bits per heavy atom. The van der Waals surface area contributed by atoms with Crippen LogP contribution in [0, 0.1) is 5.82 Å². The molecule has 0 amide bonds. The normalized spacial score (nSPS) is 25.6. The molecule has 0 bridgehead atoms. The number of fused-ring (bicyclic) bond motifs is 2. The van der Waals surface area contributed by atoms with Gasteiger partial charge in [-0.3, -0.25) is 9.80 Å². The molecule has 3 heterocycles. The fourth-order valence-corrected chi connectivity index (χ4v) is 5.11. The topological polar surface area (TPSA) is 31.6 Å². The SMILES string of the molecule is C[C@@H]1CN2C[C@H](O)CC2CN1Cc1cn(Cc2ccccc2F)c2ccccc12. The number of aliphatic hydroxyl groups excluding tert-OH is 1. The summed E-state index contributed by atoms with van der Waals surface area (Å²) < 4.78 is 16.4. The van der Waals surface area contributed by atoms with Gasteiger partial charge in [0.25, 0.3) is 0 Å². The smallest absolute Gasteiger partial charge is 0.128 e. The minimum Gasteiger partial charge on any atom is -0.392 e. The summed E-state index contributed by atoms with van der Waals surface area (Å²) in [5, 5.41) is 11.3. The largest absolute Gasteiger partial charge is 0.392 e. The van der Waals surface area contributed by atoms with Crippen molar-refractivity contribution in [1.29, 1.82) is 0 Å². The molecule has 3 aromatic rings. The van der Waals surface area contributed by atoms with Crippen molar-refractivity contribution in [3.05, 3.63) is 71.7 Å². The summed E-state index contributed by atoms with van der Waals surface area (Å²) in [6.07, 6.45) is 2.88. The third-order valence-corrected chi connectivity index (χ3v) is 6.62. The van der Waals surface area contributed by atoms with E-state index in [2.05, 4.69) is 45.7 Å². The average molecular weight is 394 g/mol. The van der Waals surface area contributed by atoms with E-state index in [-0.39, 0.29) is 11.9 Å². The van der Waals surface area contributed by atoms with Crippen molar-refractivity contribution in [2.45, 2.75) is 44.6 Å². The van der Waals surface area contributed by atoms with Crippen molar-refractivity contribution in [2.24, 2.45) is 0 Å². The molecule has 2 saturated heterocycles. The summed E-state index contributed by atoms with van der Waals surface area (Å²) >= 11 is 0. The van der Waals surface area contributed by atoms with Gasteiger partial charge in [-0.25, -0.2) is 4.39 Å². The van der Waals surface area contributed by atoms with E-state index in [1.807, 2.05) is 18.2 Å². The molecule has 29 heavy (non-hydrogen) atoms. The van der Waals surface area contributed by atoms with E-state index in [1.165, 1.54) is 17.0 Å². The molecule has 0 radical (unpaired) electrons. The standard InChI is InChI=1S/C24H28FN3O/c1-17-11-27-16-21(29)10-20(27)15-26(17)13-19-14-28(24-9-5-3-7-22(19)24)12-18-6-2-4-8-23(18)25/h2-9,14,17,20-21,29H,10-13,15-16H2,1H3/t17-,20?,21-/m1/s1. The number of rotatable bonds is 4. The molecule has 3 atom stereocenters. The highest BCUT2D eigenvalue weighted by Crippen LogP contribution is 2.29. The number of aliphatic hydroxyl groups is 1. The number of piperazine rings is 1. The van der Waals surface area contributed by atoms with Crippen LogP contribution in [0.15, 0.2) is 54.7 Å². The fourth-order valence-electron chi connectivity index (χ4n) is 5.11. The molecule has 5 heteroatoms. The lowest BCUT2D eigenvalue weighted by atomic mass is 10.1. The molecule has 2 aliphatic heterocycles. The molecule has 2 fully saturated rings. The second-order valence-corrected chi connectivity index (χ2v) is 8.67. The van der Waals surface area contributed by atoms with Crippen molar-refractivity contribution in [2.75, 3.05) is 19.6 Å². The number of para-hydroxylation sites is 1. The lowest BCUT2D eigenvalue weighted by molar-refractivity contribution is 0.0531. The van der Waals surface area contributed by atoms with Gasteiger partial charge in [0, 0.05) is 60.9 Å². The van der Waals surface area contributed by atoms with Crippen molar-refractivity contribution in [1.82, 2.24) is 14.4 Å². The van der Waals surface area contributed by atoms with Crippen molar-refractivity contribution in [3.63, 3.8) is 0 Å². The molecule has 152 valence electrons. The number of hydrogen-bond donors (Lipinski definition) is 1. The first-order valence-corrected chi connectivity index (χ1v) is 10.5. The molecule has 2 aromatic carbocycles. The first-order chi connectivity index (χ1) is 14.1. The van der Waals surface area contributed by atoms with Crippen LogP contribution in [-0.4, -0.2) is 57.3 Å². The van der Waals surface area contributed by atoms with Gasteiger partial charge in [-0.2, -0.15) is 0 Å². The van der Waals surface area contributed by atoms with Crippen LogP contribution >= 0.6 is 0 Å². The summed E-state index contributed by atoms with van der Waals surface area (Å²) in [4.78, 5) is 4.97. The van der Waals surface area contributed by atoms with Gasteiger partial charge >= 0.3 is 0 Å². The maximum atomic E-state index is 14.2. The average Bonchev–Trinajstić information content (AvgIpc) is 3.23. The van der Waals surface area contributed by atoms with Crippen molar-refractivity contribution >= 4 is 10.9 Å². The van der Waals surface area contributed by atoms with Crippen molar-refractivity contribution < 1.29 is 9.50 Å². The van der Waals surface area contributed by atoms with Crippen LogP contribution in [0.3, 0.4) is 0 Å². The van der Waals surface area contributed by atoms with E-state index in [0.29, 0.717) is 24.2 Å².